The number of carbonyl (C=O) groups is 2. The third-order valence-electron chi connectivity index (χ3n) is 5.90. The van der Waals surface area contributed by atoms with Crippen LogP contribution in [-0.2, 0) is 17.8 Å². The molecule has 172 valence electrons. The van der Waals surface area contributed by atoms with Crippen molar-refractivity contribution < 1.29 is 9.59 Å². The second-order valence-electron chi connectivity index (χ2n) is 8.13. The Kier molecular flexibility index (Phi) is 7.42. The minimum absolute atomic E-state index is 0.0465. The number of benzene rings is 2. The Bertz CT molecular complexity index is 1100. The highest BCUT2D eigenvalue weighted by molar-refractivity contribution is 6.31. The zero-order valence-electron chi connectivity index (χ0n) is 18.7. The molecule has 3 aromatic rings. The predicted octanol–water partition coefficient (Wildman–Crippen LogP) is 3.54. The first-order chi connectivity index (χ1) is 16.0. The summed E-state index contributed by atoms with van der Waals surface area (Å²) in [4.78, 5) is 29.3. The van der Waals surface area contributed by atoms with Crippen LogP contribution in [0.15, 0.2) is 60.8 Å². The van der Waals surface area contributed by atoms with Gasteiger partial charge in [-0.25, -0.2) is 4.68 Å². The molecule has 0 unspecified atom stereocenters. The highest BCUT2D eigenvalue weighted by Gasteiger charge is 2.23. The third-order valence-corrected chi connectivity index (χ3v) is 6.27. The van der Waals surface area contributed by atoms with E-state index in [4.69, 9.17) is 11.6 Å². The molecule has 0 atom stereocenters. The summed E-state index contributed by atoms with van der Waals surface area (Å²) < 4.78 is 1.72. The maximum Gasteiger partial charge on any atom is 0.253 e. The number of anilines is 1. The van der Waals surface area contributed by atoms with E-state index in [0.717, 1.165) is 12.0 Å². The normalized spacial score (nSPS) is 14.3. The average molecular weight is 466 g/mol. The number of halogens is 1. The summed E-state index contributed by atoms with van der Waals surface area (Å²) in [5.41, 5.74) is 2.87. The van der Waals surface area contributed by atoms with Crippen LogP contribution in [0.3, 0.4) is 0 Å². The van der Waals surface area contributed by atoms with E-state index in [1.165, 1.54) is 5.56 Å². The van der Waals surface area contributed by atoms with Crippen molar-refractivity contribution in [2.45, 2.75) is 19.9 Å². The molecule has 1 aliphatic heterocycles. The van der Waals surface area contributed by atoms with E-state index in [1.807, 2.05) is 53.4 Å². The Balaban J connectivity index is 1.27. The lowest BCUT2D eigenvalue weighted by atomic mass is 10.1. The van der Waals surface area contributed by atoms with Crippen LogP contribution in [0.1, 0.15) is 28.4 Å². The fourth-order valence-corrected chi connectivity index (χ4v) is 4.11. The van der Waals surface area contributed by atoms with Crippen molar-refractivity contribution in [1.82, 2.24) is 19.6 Å². The van der Waals surface area contributed by atoms with Crippen LogP contribution in [0, 0.1) is 0 Å². The molecule has 0 spiro atoms. The van der Waals surface area contributed by atoms with Gasteiger partial charge in [-0.05, 0) is 35.7 Å². The molecule has 7 nitrogen and oxygen atoms in total. The van der Waals surface area contributed by atoms with Gasteiger partial charge in [0.15, 0.2) is 0 Å². The zero-order chi connectivity index (χ0) is 23.2. The molecule has 1 fully saturated rings. The molecule has 1 N–H and O–H groups in total. The van der Waals surface area contributed by atoms with Crippen LogP contribution in [0.4, 0.5) is 5.82 Å². The number of nitrogens with zero attached hydrogens (tertiary/aromatic N) is 4. The van der Waals surface area contributed by atoms with Crippen molar-refractivity contribution in [2.24, 2.45) is 0 Å². The molecule has 2 heterocycles. The van der Waals surface area contributed by atoms with Gasteiger partial charge < -0.3 is 10.2 Å². The monoisotopic (exact) mass is 465 g/mol. The Hall–Kier alpha value is -3.16. The number of nitrogens with one attached hydrogen (secondary N) is 1. The molecular weight excluding hydrogens is 438 g/mol. The summed E-state index contributed by atoms with van der Waals surface area (Å²) in [6.45, 7) is 5.36. The zero-order valence-corrected chi connectivity index (χ0v) is 19.5. The molecule has 2 aromatic carbocycles. The van der Waals surface area contributed by atoms with Crippen LogP contribution in [0.2, 0.25) is 5.02 Å². The SMILES string of the molecule is CCc1ccc(C(=O)N2CCN(CC(=O)Nc3ccnn3Cc3ccccc3Cl)CC2)cc1. The van der Waals surface area contributed by atoms with Crippen LogP contribution in [-0.4, -0.2) is 64.1 Å². The van der Waals surface area contributed by atoms with Gasteiger partial charge >= 0.3 is 0 Å². The lowest BCUT2D eigenvalue weighted by molar-refractivity contribution is -0.117. The van der Waals surface area contributed by atoms with Gasteiger partial charge in [-0.1, -0.05) is 48.9 Å². The van der Waals surface area contributed by atoms with Crippen molar-refractivity contribution >= 4 is 29.2 Å². The Morgan fingerprint density at radius 3 is 2.42 bits per heavy atom. The topological polar surface area (TPSA) is 70.5 Å². The van der Waals surface area contributed by atoms with Crippen molar-refractivity contribution in [2.75, 3.05) is 38.0 Å². The summed E-state index contributed by atoms with van der Waals surface area (Å²) >= 11 is 6.25. The van der Waals surface area contributed by atoms with Gasteiger partial charge in [-0.3, -0.25) is 14.5 Å². The molecule has 0 bridgehead atoms. The van der Waals surface area contributed by atoms with Crippen molar-refractivity contribution in [3.05, 3.63) is 82.5 Å². The number of aryl methyl sites for hydroxylation is 1. The molecule has 0 aliphatic carbocycles. The number of piperazine rings is 1. The van der Waals surface area contributed by atoms with E-state index in [0.29, 0.717) is 49.1 Å². The van der Waals surface area contributed by atoms with Crippen LogP contribution in [0.25, 0.3) is 0 Å². The lowest BCUT2D eigenvalue weighted by Crippen LogP contribution is -2.50. The number of aromatic nitrogens is 2. The molecule has 0 saturated carbocycles. The molecule has 8 heteroatoms. The molecule has 1 aromatic heterocycles. The van der Waals surface area contributed by atoms with E-state index < -0.39 is 0 Å². The predicted molar refractivity (Wildman–Crippen MR) is 130 cm³/mol. The second kappa shape index (κ2) is 10.6. The summed E-state index contributed by atoms with van der Waals surface area (Å²) in [5, 5.41) is 7.92. The van der Waals surface area contributed by atoms with Crippen molar-refractivity contribution in [3.63, 3.8) is 0 Å². The van der Waals surface area contributed by atoms with Gasteiger partial charge in [-0.2, -0.15) is 5.10 Å². The Morgan fingerprint density at radius 1 is 1.00 bits per heavy atom. The van der Waals surface area contributed by atoms with Crippen LogP contribution >= 0.6 is 11.6 Å². The number of rotatable bonds is 7. The van der Waals surface area contributed by atoms with E-state index >= 15 is 0 Å². The maximum absolute atomic E-state index is 12.8. The molecule has 1 saturated heterocycles. The number of hydrogen-bond donors (Lipinski definition) is 1. The van der Waals surface area contributed by atoms with Gasteiger partial charge in [0, 0.05) is 42.8 Å². The summed E-state index contributed by atoms with van der Waals surface area (Å²) in [5.74, 6) is 0.570. The van der Waals surface area contributed by atoms with E-state index in [1.54, 1.807) is 16.9 Å². The quantitative estimate of drug-likeness (QED) is 0.579. The fraction of sp³-hybridized carbons (Fsp3) is 0.320. The minimum atomic E-state index is -0.106. The number of carbonyl (C=O) groups excluding carboxylic acids is 2. The van der Waals surface area contributed by atoms with Gasteiger partial charge in [0.1, 0.15) is 5.82 Å². The molecule has 0 radical (unpaired) electrons. The first-order valence-electron chi connectivity index (χ1n) is 11.2. The number of hydrogen-bond acceptors (Lipinski definition) is 4. The van der Waals surface area contributed by atoms with Crippen molar-refractivity contribution in [1.29, 1.82) is 0 Å². The summed E-state index contributed by atoms with van der Waals surface area (Å²) in [7, 11) is 0. The van der Waals surface area contributed by atoms with Gasteiger partial charge in [-0.15, -0.1) is 0 Å². The van der Waals surface area contributed by atoms with E-state index in [9.17, 15) is 9.59 Å². The van der Waals surface area contributed by atoms with E-state index in [-0.39, 0.29) is 18.4 Å². The van der Waals surface area contributed by atoms with Crippen LogP contribution < -0.4 is 5.32 Å². The minimum Gasteiger partial charge on any atom is -0.336 e. The lowest BCUT2D eigenvalue weighted by Gasteiger charge is -2.34. The van der Waals surface area contributed by atoms with E-state index in [2.05, 4.69) is 22.2 Å². The third kappa shape index (κ3) is 5.80. The smallest absolute Gasteiger partial charge is 0.253 e. The first kappa shape index (κ1) is 23.0. The Labute approximate surface area is 198 Å². The largest absolute Gasteiger partial charge is 0.336 e. The molecule has 1 aliphatic rings. The summed E-state index contributed by atoms with van der Waals surface area (Å²) in [6, 6.07) is 17.2. The highest BCUT2D eigenvalue weighted by Crippen LogP contribution is 2.18. The molecular formula is C25H28ClN5O2. The number of amides is 2. The molecule has 4 rings (SSSR count). The van der Waals surface area contributed by atoms with Gasteiger partial charge in [0.05, 0.1) is 19.3 Å². The standard InChI is InChI=1S/C25H28ClN5O2/c1-2-19-7-9-20(10-8-19)25(33)30-15-13-29(14-16-30)18-24(32)28-23-11-12-27-31(23)17-21-5-3-4-6-22(21)26/h3-12H,2,13-18H2,1H3,(H,28,32). The maximum atomic E-state index is 12.8. The van der Waals surface area contributed by atoms with Crippen LogP contribution in [0.5, 0.6) is 0 Å². The molecule has 2 amide bonds. The van der Waals surface area contributed by atoms with Crippen molar-refractivity contribution in [3.8, 4) is 0 Å². The molecule has 33 heavy (non-hydrogen) atoms. The van der Waals surface area contributed by atoms with Gasteiger partial charge in [0.25, 0.3) is 5.91 Å². The Morgan fingerprint density at radius 2 is 1.73 bits per heavy atom. The second-order valence-corrected chi connectivity index (χ2v) is 8.54. The van der Waals surface area contributed by atoms with Gasteiger partial charge in [0.2, 0.25) is 5.91 Å². The highest BCUT2D eigenvalue weighted by atomic mass is 35.5. The summed E-state index contributed by atoms with van der Waals surface area (Å²) in [6.07, 6.45) is 2.61. The first-order valence-corrected chi connectivity index (χ1v) is 11.6. The fourth-order valence-electron chi connectivity index (χ4n) is 3.91. The average Bonchev–Trinajstić information content (AvgIpc) is 3.27.